The van der Waals surface area contributed by atoms with Crippen molar-refractivity contribution >= 4 is 96.5 Å². The Morgan fingerprint density at radius 2 is 0.907 bits per heavy atom. The first-order chi connectivity index (χ1) is 26.8. The van der Waals surface area contributed by atoms with Gasteiger partial charge in [0.1, 0.15) is 11.2 Å². The van der Waals surface area contributed by atoms with Crippen molar-refractivity contribution in [3.8, 4) is 33.4 Å². The summed E-state index contributed by atoms with van der Waals surface area (Å²) < 4.78 is 8.96. The molecule has 2 heterocycles. The van der Waals surface area contributed by atoms with Gasteiger partial charge in [-0.3, -0.25) is 0 Å². The maximum Gasteiger partial charge on any atom is 0.136 e. The van der Waals surface area contributed by atoms with Crippen LogP contribution < -0.4 is 0 Å². The van der Waals surface area contributed by atoms with E-state index >= 15 is 0 Å². The van der Waals surface area contributed by atoms with E-state index in [1.807, 2.05) is 11.3 Å². The van der Waals surface area contributed by atoms with Gasteiger partial charge in [-0.25, -0.2) is 0 Å². The van der Waals surface area contributed by atoms with Crippen molar-refractivity contribution in [1.82, 2.24) is 0 Å². The molecule has 12 rings (SSSR count). The molecule has 2 heteroatoms. The van der Waals surface area contributed by atoms with Crippen LogP contribution in [0.4, 0.5) is 0 Å². The minimum Gasteiger partial charge on any atom is -0.456 e. The Kier molecular flexibility index (Phi) is 6.28. The molecule has 0 spiro atoms. The molecule has 0 aliphatic carbocycles. The standard InChI is InChI=1S/C52H30OS/c1-3-18-35-31(13-1)15-12-25-37(35)49-40-22-7-5-20-38(40)47(39-21-6-8-23-41(39)49)33-16-11-17-34(29-33)48-36-19-4-2-14-32(36)30-43-51-46(54-52(43)48)28-27-45-50(51)42-24-9-10-26-44(42)53-45/h1-30H. The summed E-state index contributed by atoms with van der Waals surface area (Å²) in [6, 6.07) is 66.7. The summed E-state index contributed by atoms with van der Waals surface area (Å²) in [5.41, 5.74) is 9.42. The highest BCUT2D eigenvalue weighted by Gasteiger charge is 2.21. The molecule has 0 fully saturated rings. The lowest BCUT2D eigenvalue weighted by Gasteiger charge is -2.19. The molecule has 0 unspecified atom stereocenters. The quantitative estimate of drug-likeness (QED) is 0.167. The molecule has 250 valence electrons. The Morgan fingerprint density at radius 1 is 0.333 bits per heavy atom. The van der Waals surface area contributed by atoms with Crippen molar-refractivity contribution in [2.45, 2.75) is 0 Å². The molecule has 0 aliphatic heterocycles. The van der Waals surface area contributed by atoms with Crippen molar-refractivity contribution < 1.29 is 4.42 Å². The van der Waals surface area contributed by atoms with Crippen molar-refractivity contribution in [1.29, 1.82) is 0 Å². The minimum absolute atomic E-state index is 0.930. The Balaban J connectivity index is 1.16. The van der Waals surface area contributed by atoms with Gasteiger partial charge in [-0.1, -0.05) is 152 Å². The number of furan rings is 1. The number of benzene rings is 10. The smallest absolute Gasteiger partial charge is 0.136 e. The molecule has 54 heavy (non-hydrogen) atoms. The zero-order chi connectivity index (χ0) is 35.3. The van der Waals surface area contributed by atoms with Gasteiger partial charge in [-0.05, 0) is 101 Å². The lowest BCUT2D eigenvalue weighted by Crippen LogP contribution is -1.92. The molecule has 0 amide bonds. The molecule has 0 N–H and O–H groups in total. The van der Waals surface area contributed by atoms with Crippen LogP contribution in [0.2, 0.25) is 0 Å². The van der Waals surface area contributed by atoms with Crippen LogP contribution in [-0.2, 0) is 0 Å². The van der Waals surface area contributed by atoms with Gasteiger partial charge in [0.2, 0.25) is 0 Å². The molecule has 12 aromatic rings. The molecule has 0 aliphatic rings. The SMILES string of the molecule is c1cc(-c2c3ccccc3c(-c3cccc4ccccc34)c3ccccc23)cc(-c2c3ccccc3cc3c2sc2ccc4oc5ccccc5c4c23)c1. The van der Waals surface area contributed by atoms with Crippen molar-refractivity contribution in [2.75, 3.05) is 0 Å². The van der Waals surface area contributed by atoms with Gasteiger partial charge in [-0.2, -0.15) is 0 Å². The number of thiophene rings is 1. The summed E-state index contributed by atoms with van der Waals surface area (Å²) in [7, 11) is 0. The average molecular weight is 703 g/mol. The van der Waals surface area contributed by atoms with Crippen molar-refractivity contribution in [3.05, 3.63) is 182 Å². The van der Waals surface area contributed by atoms with E-state index in [1.54, 1.807) is 0 Å². The van der Waals surface area contributed by atoms with Crippen molar-refractivity contribution in [3.63, 3.8) is 0 Å². The monoisotopic (exact) mass is 702 g/mol. The van der Waals surface area contributed by atoms with Gasteiger partial charge in [0.25, 0.3) is 0 Å². The average Bonchev–Trinajstić information content (AvgIpc) is 3.79. The molecule has 0 saturated carbocycles. The second kappa shape index (κ2) is 11.4. The largest absolute Gasteiger partial charge is 0.456 e. The summed E-state index contributed by atoms with van der Waals surface area (Å²) in [5.74, 6) is 0. The van der Waals surface area contributed by atoms with E-state index in [2.05, 4.69) is 182 Å². The van der Waals surface area contributed by atoms with Crippen LogP contribution in [0, 0.1) is 0 Å². The third-order valence-corrected chi connectivity index (χ3v) is 12.6. The fourth-order valence-electron chi connectivity index (χ4n) is 9.17. The van der Waals surface area contributed by atoms with Crippen LogP contribution in [0.1, 0.15) is 0 Å². The lowest BCUT2D eigenvalue weighted by molar-refractivity contribution is 0.669. The van der Waals surface area contributed by atoms with Crippen LogP contribution >= 0.6 is 11.3 Å². The summed E-state index contributed by atoms with van der Waals surface area (Å²) >= 11 is 1.89. The minimum atomic E-state index is 0.930. The van der Waals surface area contributed by atoms with E-state index in [9.17, 15) is 0 Å². The van der Waals surface area contributed by atoms with Gasteiger partial charge in [-0.15, -0.1) is 11.3 Å². The Morgan fingerprint density at radius 3 is 1.67 bits per heavy atom. The lowest BCUT2D eigenvalue weighted by atomic mass is 9.84. The summed E-state index contributed by atoms with van der Waals surface area (Å²) in [4.78, 5) is 0. The van der Waals surface area contributed by atoms with Gasteiger partial charge in [0.05, 0.1) is 0 Å². The first-order valence-corrected chi connectivity index (χ1v) is 19.3. The molecule has 1 nitrogen and oxygen atoms in total. The normalized spacial score (nSPS) is 12.1. The van der Waals surface area contributed by atoms with E-state index in [1.165, 1.54) is 107 Å². The van der Waals surface area contributed by atoms with E-state index < -0.39 is 0 Å². The predicted molar refractivity (Wildman–Crippen MR) is 233 cm³/mol. The number of fused-ring (bicyclic) bond motifs is 11. The first-order valence-electron chi connectivity index (χ1n) is 18.5. The Hall–Kier alpha value is -6.74. The maximum absolute atomic E-state index is 6.38. The van der Waals surface area contributed by atoms with Gasteiger partial charge in [0, 0.05) is 36.5 Å². The molecule has 2 aromatic heterocycles. The molecule has 0 saturated heterocycles. The van der Waals surface area contributed by atoms with Gasteiger partial charge < -0.3 is 4.42 Å². The van der Waals surface area contributed by atoms with E-state index in [-0.39, 0.29) is 0 Å². The molecule has 0 atom stereocenters. The van der Waals surface area contributed by atoms with Crippen LogP contribution in [-0.4, -0.2) is 0 Å². The third-order valence-electron chi connectivity index (χ3n) is 11.4. The van der Waals surface area contributed by atoms with E-state index in [0.717, 1.165) is 11.2 Å². The topological polar surface area (TPSA) is 13.1 Å². The van der Waals surface area contributed by atoms with Crippen molar-refractivity contribution in [2.24, 2.45) is 0 Å². The number of para-hydroxylation sites is 1. The summed E-state index contributed by atoms with van der Waals surface area (Å²) in [5, 5.41) is 15.0. The second-order valence-corrected chi connectivity index (χ2v) is 15.4. The number of rotatable bonds is 3. The van der Waals surface area contributed by atoms with Gasteiger partial charge >= 0.3 is 0 Å². The molecular weight excluding hydrogens is 673 g/mol. The van der Waals surface area contributed by atoms with Crippen LogP contribution in [0.25, 0.3) is 119 Å². The first kappa shape index (κ1) is 29.8. The highest BCUT2D eigenvalue weighted by molar-refractivity contribution is 7.26. The van der Waals surface area contributed by atoms with Crippen LogP contribution in [0.3, 0.4) is 0 Å². The summed E-state index contributed by atoms with van der Waals surface area (Å²) in [6.45, 7) is 0. The Bertz CT molecular complexity index is 3450. The Labute approximate surface area is 314 Å². The third kappa shape index (κ3) is 4.20. The zero-order valence-corrected chi connectivity index (χ0v) is 30.0. The number of hydrogen-bond donors (Lipinski definition) is 0. The summed E-state index contributed by atoms with van der Waals surface area (Å²) in [6.07, 6.45) is 0. The molecule has 0 radical (unpaired) electrons. The van der Waals surface area contributed by atoms with Gasteiger partial charge in [0.15, 0.2) is 0 Å². The fourth-order valence-corrected chi connectivity index (χ4v) is 10.4. The van der Waals surface area contributed by atoms with E-state index in [4.69, 9.17) is 4.42 Å². The zero-order valence-electron chi connectivity index (χ0n) is 29.1. The van der Waals surface area contributed by atoms with Crippen LogP contribution in [0.5, 0.6) is 0 Å². The van der Waals surface area contributed by atoms with E-state index in [0.29, 0.717) is 0 Å². The molecular formula is C52H30OS. The fraction of sp³-hybridized carbons (Fsp3) is 0. The number of hydrogen-bond acceptors (Lipinski definition) is 2. The molecule has 0 bridgehead atoms. The van der Waals surface area contributed by atoms with Crippen LogP contribution in [0.15, 0.2) is 186 Å². The maximum atomic E-state index is 6.38. The molecule has 10 aromatic carbocycles. The second-order valence-electron chi connectivity index (χ2n) is 14.3. The highest BCUT2D eigenvalue weighted by atomic mass is 32.1. The predicted octanol–water partition coefficient (Wildman–Crippen LogP) is 15.6. The highest BCUT2D eigenvalue weighted by Crippen LogP contribution is 2.50.